The highest BCUT2D eigenvalue weighted by Crippen LogP contribution is 2.34. The van der Waals surface area contributed by atoms with Crippen LogP contribution in [-0.2, 0) is 20.0 Å². The van der Waals surface area contributed by atoms with Gasteiger partial charge in [0.05, 0.1) is 58.5 Å². The third-order valence-corrected chi connectivity index (χ3v) is 12.9. The molecule has 2 fully saturated rings. The summed E-state index contributed by atoms with van der Waals surface area (Å²) in [6.07, 6.45) is 14.2. The lowest BCUT2D eigenvalue weighted by Gasteiger charge is -2.29. The lowest BCUT2D eigenvalue weighted by Crippen LogP contribution is -2.35. The van der Waals surface area contributed by atoms with Crippen molar-refractivity contribution in [2.24, 2.45) is 0 Å². The Kier molecular flexibility index (Phi) is 16.2. The van der Waals surface area contributed by atoms with E-state index in [0.717, 1.165) is 73.6 Å². The number of hydrogen-bond acceptors (Lipinski definition) is 11. The zero-order chi connectivity index (χ0) is 47.2. The predicted octanol–water partition coefficient (Wildman–Crippen LogP) is 8.78. The quantitative estimate of drug-likeness (QED) is 0.105. The van der Waals surface area contributed by atoms with Crippen LogP contribution in [0.4, 0.5) is 11.4 Å². The largest absolute Gasteiger partial charge is 0.478 e. The number of anilines is 2. The van der Waals surface area contributed by atoms with Crippen molar-refractivity contribution >= 4 is 101 Å². The Hall–Kier alpha value is -4.76. The summed E-state index contributed by atoms with van der Waals surface area (Å²) in [7, 11) is -7.08. The van der Waals surface area contributed by atoms with Crippen LogP contribution in [0.5, 0.6) is 0 Å². The number of aromatic nitrogens is 6. The van der Waals surface area contributed by atoms with Crippen molar-refractivity contribution in [1.29, 1.82) is 0 Å². The van der Waals surface area contributed by atoms with E-state index in [2.05, 4.69) is 34.9 Å². The third kappa shape index (κ3) is 13.4. The van der Waals surface area contributed by atoms with Gasteiger partial charge in [-0.1, -0.05) is 72.1 Å². The molecule has 2 unspecified atom stereocenters. The molecule has 2 aliphatic rings. The van der Waals surface area contributed by atoms with Crippen LogP contribution in [0.2, 0.25) is 20.4 Å². The molecule has 65 heavy (non-hydrogen) atoms. The minimum absolute atomic E-state index is 0.00519. The average molecular weight is 1010 g/mol. The van der Waals surface area contributed by atoms with Crippen LogP contribution in [-0.4, -0.2) is 93.5 Å². The number of benzene rings is 2. The molecule has 6 heterocycles. The van der Waals surface area contributed by atoms with Gasteiger partial charge in [-0.15, -0.1) is 0 Å². The number of nitrogens with zero attached hydrogens (tertiary/aromatic N) is 7. The lowest BCUT2D eigenvalue weighted by molar-refractivity contribution is 0.0674. The Morgan fingerprint density at radius 1 is 0.692 bits per heavy atom. The second kappa shape index (κ2) is 21.3. The molecule has 1 amide bonds. The maximum absolute atomic E-state index is 13.7. The van der Waals surface area contributed by atoms with Gasteiger partial charge >= 0.3 is 5.97 Å². The SMILES string of the molecule is CS(=O)(=O)Nc1ccc(Cl)cc1C(=O)O.Cc1cn2nc(C3CCCCCN3)cc2nc1Cl.Cc1cn2nc(C3CCCCCN3C(=O)c3cc(Cl)ccc3NS(C)(=O)=O)cc2nc1Cl. The first-order valence-corrected chi connectivity index (χ1v) is 25.8. The number of aryl methyl sites for hydroxylation is 2. The molecule has 6 aromatic rings. The van der Waals surface area contributed by atoms with Gasteiger partial charge in [0, 0.05) is 52.2 Å². The molecule has 17 nitrogen and oxygen atoms in total. The first-order chi connectivity index (χ1) is 30.7. The van der Waals surface area contributed by atoms with Crippen LogP contribution in [0.3, 0.4) is 0 Å². The van der Waals surface area contributed by atoms with Crippen molar-refractivity contribution in [2.45, 2.75) is 77.3 Å². The third-order valence-electron chi connectivity index (χ3n) is 10.5. The highest BCUT2D eigenvalue weighted by molar-refractivity contribution is 7.92. The lowest BCUT2D eigenvalue weighted by atomic mass is 10.0. The first-order valence-electron chi connectivity index (χ1n) is 20.5. The molecular weight excluding hydrogens is 962 g/mol. The Bertz CT molecular complexity index is 2860. The fourth-order valence-electron chi connectivity index (χ4n) is 7.41. The van der Waals surface area contributed by atoms with E-state index in [1.807, 2.05) is 42.9 Å². The van der Waals surface area contributed by atoms with Crippen molar-refractivity contribution < 1.29 is 31.5 Å². The molecule has 2 saturated heterocycles. The summed E-state index contributed by atoms with van der Waals surface area (Å²) in [4.78, 5) is 34.9. The van der Waals surface area contributed by atoms with Crippen LogP contribution in [0.1, 0.15) is 107 Å². The number of hydrogen-bond donors (Lipinski definition) is 4. The standard InChI is InChI=1S/C21H23Cl2N5O3S.C13H17ClN4.C8H8ClNO4S/c1-13-12-28-19(24-20(13)23)11-17(25-28)18-6-4-3-5-9-27(18)21(29)15-10-14(22)7-8-16(15)26-32(2,30)31;1-9-8-18-12(16-13(9)14)7-11(17-18)10-5-3-2-4-6-15-10;1-15(13,14)10-7-3-2-5(9)4-6(7)8(11)12/h7-8,10-12,18,26H,3-6,9H2,1-2H3;7-8,10,15H,2-6H2,1H3;2-4,10H,1H3,(H,11,12). The van der Waals surface area contributed by atoms with Crippen molar-refractivity contribution in [3.63, 3.8) is 0 Å². The molecule has 0 radical (unpaired) electrons. The maximum atomic E-state index is 13.7. The number of rotatable bonds is 8. The molecule has 2 aliphatic heterocycles. The predicted molar refractivity (Wildman–Crippen MR) is 254 cm³/mol. The number of nitrogens with one attached hydrogen (secondary N) is 3. The Labute approximate surface area is 396 Å². The van der Waals surface area contributed by atoms with Crippen LogP contribution < -0.4 is 14.8 Å². The van der Waals surface area contributed by atoms with E-state index in [9.17, 15) is 26.4 Å². The number of likely N-dealkylation sites (tertiary alicyclic amines) is 1. The zero-order valence-electron chi connectivity index (χ0n) is 35.9. The van der Waals surface area contributed by atoms with Crippen molar-refractivity contribution in [2.75, 3.05) is 35.0 Å². The van der Waals surface area contributed by atoms with Crippen LogP contribution in [0, 0.1) is 13.8 Å². The summed E-state index contributed by atoms with van der Waals surface area (Å²) in [5.41, 5.74) is 5.19. The highest BCUT2D eigenvalue weighted by Gasteiger charge is 2.31. The summed E-state index contributed by atoms with van der Waals surface area (Å²) < 4.78 is 53.5. The molecular formula is C42H48Cl4N10O7S2. The summed E-state index contributed by atoms with van der Waals surface area (Å²) in [6, 6.07) is 12.4. The summed E-state index contributed by atoms with van der Waals surface area (Å²) in [5, 5.41) is 23.2. The van der Waals surface area contributed by atoms with Gasteiger partial charge in [-0.3, -0.25) is 14.2 Å². The smallest absolute Gasteiger partial charge is 0.337 e. The molecule has 8 rings (SSSR count). The van der Waals surface area contributed by atoms with E-state index >= 15 is 0 Å². The number of amides is 1. The number of fused-ring (bicyclic) bond motifs is 2. The minimum atomic E-state index is -3.58. The van der Waals surface area contributed by atoms with E-state index < -0.39 is 26.0 Å². The van der Waals surface area contributed by atoms with E-state index in [-0.39, 0.29) is 39.5 Å². The monoisotopic (exact) mass is 1010 g/mol. The molecule has 2 atom stereocenters. The first kappa shape index (κ1) is 49.7. The summed E-state index contributed by atoms with van der Waals surface area (Å²) in [5.74, 6) is -1.55. The maximum Gasteiger partial charge on any atom is 0.337 e. The van der Waals surface area contributed by atoms with E-state index in [0.29, 0.717) is 39.3 Å². The Morgan fingerprint density at radius 3 is 1.77 bits per heavy atom. The van der Waals surface area contributed by atoms with Gasteiger partial charge in [0.25, 0.3) is 5.91 Å². The van der Waals surface area contributed by atoms with Gasteiger partial charge in [-0.25, -0.2) is 40.6 Å². The van der Waals surface area contributed by atoms with Gasteiger partial charge in [0.2, 0.25) is 20.0 Å². The number of halogens is 4. The number of carbonyl (C=O) groups excluding carboxylic acids is 1. The van der Waals surface area contributed by atoms with Crippen LogP contribution >= 0.6 is 46.4 Å². The van der Waals surface area contributed by atoms with Crippen molar-refractivity contribution in [3.05, 3.63) is 115 Å². The molecule has 4 N–H and O–H groups in total. The topological polar surface area (TPSA) is 222 Å². The molecule has 0 spiro atoms. The zero-order valence-corrected chi connectivity index (χ0v) is 40.5. The fraction of sp³-hybridized carbons (Fsp3) is 0.381. The van der Waals surface area contributed by atoms with Crippen LogP contribution in [0.25, 0.3) is 11.3 Å². The molecule has 4 aromatic heterocycles. The van der Waals surface area contributed by atoms with Crippen LogP contribution in [0.15, 0.2) is 60.9 Å². The van der Waals surface area contributed by atoms with Gasteiger partial charge in [-0.2, -0.15) is 10.2 Å². The van der Waals surface area contributed by atoms with Gasteiger partial charge < -0.3 is 15.3 Å². The molecule has 2 aromatic carbocycles. The fourth-order valence-corrected chi connectivity index (χ4v) is 9.18. The van der Waals surface area contributed by atoms with Crippen molar-refractivity contribution in [3.8, 4) is 0 Å². The molecule has 0 bridgehead atoms. The number of carbonyl (C=O) groups is 2. The normalized spacial score (nSPS) is 17.0. The minimum Gasteiger partial charge on any atom is -0.478 e. The van der Waals surface area contributed by atoms with Gasteiger partial charge in [0.1, 0.15) is 10.3 Å². The summed E-state index contributed by atoms with van der Waals surface area (Å²) in [6.45, 7) is 5.40. The highest BCUT2D eigenvalue weighted by atomic mass is 35.5. The van der Waals surface area contributed by atoms with Gasteiger partial charge in [0.15, 0.2) is 11.3 Å². The van der Waals surface area contributed by atoms with E-state index in [1.165, 1.54) is 49.6 Å². The summed E-state index contributed by atoms with van der Waals surface area (Å²) >= 11 is 24.0. The number of carboxylic acids is 1. The number of carboxylic acid groups (broad SMARTS) is 1. The molecule has 0 saturated carbocycles. The Morgan fingerprint density at radius 2 is 1.20 bits per heavy atom. The molecule has 348 valence electrons. The second-order valence-electron chi connectivity index (χ2n) is 15.8. The van der Waals surface area contributed by atoms with E-state index in [1.54, 1.807) is 15.5 Å². The second-order valence-corrected chi connectivity index (χ2v) is 20.9. The number of aromatic carboxylic acids is 1. The van der Waals surface area contributed by atoms with Crippen molar-refractivity contribution in [1.82, 2.24) is 39.4 Å². The van der Waals surface area contributed by atoms with E-state index in [4.69, 9.17) is 51.5 Å². The molecule has 0 aliphatic carbocycles. The molecule has 23 heteroatoms. The number of sulfonamides is 2. The van der Waals surface area contributed by atoms with Gasteiger partial charge in [-0.05, 0) is 82.5 Å². The average Bonchev–Trinajstić information content (AvgIpc) is 3.57. The Balaban J connectivity index is 0.000000179.